The fraction of sp³-hybridized carbons (Fsp3) is 0.400. The van der Waals surface area contributed by atoms with E-state index in [0.717, 1.165) is 6.26 Å². The predicted molar refractivity (Wildman–Crippen MR) is 67.2 cm³/mol. The van der Waals surface area contributed by atoms with Crippen LogP contribution >= 0.6 is 11.6 Å². The molecule has 0 radical (unpaired) electrons. The molecule has 0 aliphatic rings. The average Bonchev–Trinajstić information content (AvgIpc) is 2.26. The van der Waals surface area contributed by atoms with Crippen molar-refractivity contribution in [3.8, 4) is 0 Å². The van der Waals surface area contributed by atoms with Gasteiger partial charge in [0.05, 0.1) is 4.92 Å². The topological polar surface area (TPSA) is 97.5 Å². The van der Waals surface area contributed by atoms with Gasteiger partial charge in [0.25, 0.3) is 5.69 Å². The summed E-state index contributed by atoms with van der Waals surface area (Å²) in [5.74, 6) is 0. The van der Waals surface area contributed by atoms with Gasteiger partial charge in [-0.15, -0.1) is 0 Å². The molecule has 0 heterocycles. The molecule has 1 N–H and O–H groups in total. The molecular weight excluding hydrogens is 282 g/mol. The van der Waals surface area contributed by atoms with Gasteiger partial charge < -0.3 is 5.11 Å². The van der Waals surface area contributed by atoms with Crippen molar-refractivity contribution in [1.29, 1.82) is 0 Å². The molecule has 0 aliphatic heterocycles. The van der Waals surface area contributed by atoms with Gasteiger partial charge in [-0.05, 0) is 24.6 Å². The van der Waals surface area contributed by atoms with Gasteiger partial charge in [0.15, 0.2) is 14.0 Å². The highest BCUT2D eigenvalue weighted by molar-refractivity contribution is 7.93. The summed E-state index contributed by atoms with van der Waals surface area (Å²) in [6, 6.07) is 4.89. The van der Waals surface area contributed by atoms with Crippen LogP contribution in [0.2, 0.25) is 0 Å². The normalized spacial score (nSPS) is 16.9. The molecule has 0 fully saturated rings. The average molecular weight is 294 g/mol. The van der Waals surface area contributed by atoms with Crippen molar-refractivity contribution in [1.82, 2.24) is 0 Å². The van der Waals surface area contributed by atoms with Crippen molar-refractivity contribution < 1.29 is 18.4 Å². The molecule has 0 amide bonds. The maximum absolute atomic E-state index is 11.4. The molecular formula is C10H12ClNO5S. The fourth-order valence-corrected chi connectivity index (χ4v) is 1.95. The zero-order chi connectivity index (χ0) is 14.1. The SMILES string of the molecule is C[C@](Cl)([C@@H](O)c1ccc([N+](=O)[O-])cc1)S(C)(=O)=O. The van der Waals surface area contributed by atoms with Crippen LogP contribution in [0.3, 0.4) is 0 Å². The number of alkyl halides is 1. The first-order valence-electron chi connectivity index (χ1n) is 4.88. The smallest absolute Gasteiger partial charge is 0.269 e. The van der Waals surface area contributed by atoms with Gasteiger partial charge in [-0.25, -0.2) is 8.42 Å². The summed E-state index contributed by atoms with van der Waals surface area (Å²) >= 11 is 5.83. The molecule has 0 saturated carbocycles. The summed E-state index contributed by atoms with van der Waals surface area (Å²) in [7, 11) is -3.69. The van der Waals surface area contributed by atoms with Crippen LogP contribution < -0.4 is 0 Å². The second-order valence-electron chi connectivity index (χ2n) is 4.01. The summed E-state index contributed by atoms with van der Waals surface area (Å²) in [4.78, 5) is 9.87. The molecule has 18 heavy (non-hydrogen) atoms. The number of hydrogen-bond donors (Lipinski definition) is 1. The lowest BCUT2D eigenvalue weighted by Gasteiger charge is -2.26. The largest absolute Gasteiger partial charge is 0.385 e. The van der Waals surface area contributed by atoms with Crippen molar-refractivity contribution in [2.24, 2.45) is 0 Å². The van der Waals surface area contributed by atoms with Gasteiger partial charge in [0, 0.05) is 18.4 Å². The van der Waals surface area contributed by atoms with E-state index < -0.39 is 25.1 Å². The highest BCUT2D eigenvalue weighted by Gasteiger charge is 2.41. The lowest BCUT2D eigenvalue weighted by atomic mass is 10.1. The van der Waals surface area contributed by atoms with E-state index in [0.29, 0.717) is 0 Å². The van der Waals surface area contributed by atoms with Gasteiger partial charge in [-0.1, -0.05) is 11.6 Å². The van der Waals surface area contributed by atoms with Crippen molar-refractivity contribution in [2.45, 2.75) is 17.2 Å². The number of nitro benzene ring substituents is 1. The van der Waals surface area contributed by atoms with E-state index in [1.807, 2.05) is 0 Å². The molecule has 0 aromatic heterocycles. The van der Waals surface area contributed by atoms with Gasteiger partial charge in [-0.2, -0.15) is 0 Å². The number of nitro groups is 1. The summed E-state index contributed by atoms with van der Waals surface area (Å²) < 4.78 is 21.0. The Hall–Kier alpha value is -1.18. The van der Waals surface area contributed by atoms with Crippen molar-refractivity contribution in [3.05, 3.63) is 39.9 Å². The van der Waals surface area contributed by atoms with Gasteiger partial charge in [0.1, 0.15) is 6.10 Å². The summed E-state index contributed by atoms with van der Waals surface area (Å²) in [5, 5.41) is 20.4. The fourth-order valence-electron chi connectivity index (χ4n) is 1.28. The summed E-state index contributed by atoms with van der Waals surface area (Å²) in [5.41, 5.74) is 0.0464. The quantitative estimate of drug-likeness (QED) is 0.517. The molecule has 1 aromatic carbocycles. The number of sulfone groups is 1. The van der Waals surface area contributed by atoms with Crippen LogP contribution in [0.5, 0.6) is 0 Å². The van der Waals surface area contributed by atoms with E-state index in [9.17, 15) is 23.6 Å². The molecule has 100 valence electrons. The molecule has 0 unspecified atom stereocenters. The van der Waals surface area contributed by atoms with Crippen LogP contribution in [0.1, 0.15) is 18.6 Å². The highest BCUT2D eigenvalue weighted by Crippen LogP contribution is 2.36. The van der Waals surface area contributed by atoms with Gasteiger partial charge in [-0.3, -0.25) is 10.1 Å². The molecule has 1 rings (SSSR count). The van der Waals surface area contributed by atoms with Crippen molar-refractivity contribution in [3.63, 3.8) is 0 Å². The Morgan fingerprint density at radius 1 is 1.39 bits per heavy atom. The first-order valence-corrected chi connectivity index (χ1v) is 7.15. The highest BCUT2D eigenvalue weighted by atomic mass is 35.5. The second-order valence-corrected chi connectivity index (χ2v) is 7.41. The second kappa shape index (κ2) is 4.83. The zero-order valence-corrected chi connectivity index (χ0v) is 11.3. The molecule has 0 spiro atoms. The number of aliphatic hydroxyl groups excluding tert-OH is 1. The number of nitrogens with zero attached hydrogens (tertiary/aromatic N) is 1. The number of hydrogen-bond acceptors (Lipinski definition) is 5. The first kappa shape index (κ1) is 14.9. The Morgan fingerprint density at radius 3 is 2.17 bits per heavy atom. The van der Waals surface area contributed by atoms with E-state index in [1.165, 1.54) is 31.2 Å². The lowest BCUT2D eigenvalue weighted by Crippen LogP contribution is -2.35. The maximum Gasteiger partial charge on any atom is 0.269 e. The van der Waals surface area contributed by atoms with Crippen LogP contribution in [0, 0.1) is 10.1 Å². The standard InChI is InChI=1S/C10H12ClNO5S/c1-10(11,18(2,16)17)9(13)7-3-5-8(6-4-7)12(14)15/h3-6,9,13H,1-2H3/t9-,10+/m0/s1. The van der Waals surface area contributed by atoms with E-state index in [1.54, 1.807) is 0 Å². The van der Waals surface area contributed by atoms with Crippen LogP contribution in [0.4, 0.5) is 5.69 Å². The third-order valence-electron chi connectivity index (χ3n) is 2.63. The van der Waals surface area contributed by atoms with Crippen LogP contribution in [0.15, 0.2) is 24.3 Å². The molecule has 2 atom stereocenters. The molecule has 0 aliphatic carbocycles. The molecule has 8 heteroatoms. The molecule has 0 bridgehead atoms. The molecule has 1 aromatic rings. The summed E-state index contributed by atoms with van der Waals surface area (Å²) in [6.07, 6.45) is -0.566. The number of benzene rings is 1. The summed E-state index contributed by atoms with van der Waals surface area (Å²) in [6.45, 7) is 1.18. The minimum atomic E-state index is -3.69. The Balaban J connectivity index is 3.12. The lowest BCUT2D eigenvalue weighted by molar-refractivity contribution is -0.384. The zero-order valence-electron chi connectivity index (χ0n) is 9.70. The van der Waals surface area contributed by atoms with Crippen LogP contribution in [0.25, 0.3) is 0 Å². The Morgan fingerprint density at radius 2 is 1.83 bits per heavy atom. The predicted octanol–water partition coefficient (Wildman–Crippen LogP) is 1.63. The van der Waals surface area contributed by atoms with Crippen LogP contribution in [-0.2, 0) is 9.84 Å². The third-order valence-corrected chi connectivity index (χ3v) is 5.35. The maximum atomic E-state index is 11.4. The van der Waals surface area contributed by atoms with Gasteiger partial charge >= 0.3 is 0 Å². The number of halogens is 1. The first-order chi connectivity index (χ1) is 8.07. The molecule has 0 saturated heterocycles. The van der Waals surface area contributed by atoms with Crippen LogP contribution in [-0.4, -0.2) is 28.9 Å². The number of rotatable bonds is 4. The number of non-ortho nitro benzene ring substituents is 1. The Bertz CT molecular complexity index is 552. The number of aliphatic hydroxyl groups is 1. The third kappa shape index (κ3) is 2.80. The Labute approximate surface area is 109 Å². The van der Waals surface area contributed by atoms with E-state index in [4.69, 9.17) is 11.6 Å². The van der Waals surface area contributed by atoms with Gasteiger partial charge in [0.2, 0.25) is 0 Å². The van der Waals surface area contributed by atoms with E-state index in [-0.39, 0.29) is 11.3 Å². The monoisotopic (exact) mass is 293 g/mol. The van der Waals surface area contributed by atoms with Crippen molar-refractivity contribution >= 4 is 27.1 Å². The minimum Gasteiger partial charge on any atom is -0.385 e. The minimum absolute atomic E-state index is 0.151. The Kier molecular flexibility index (Phi) is 3.99. The van der Waals surface area contributed by atoms with E-state index >= 15 is 0 Å². The van der Waals surface area contributed by atoms with Crippen molar-refractivity contribution in [2.75, 3.05) is 6.26 Å². The van der Waals surface area contributed by atoms with E-state index in [2.05, 4.69) is 0 Å². The molecule has 6 nitrogen and oxygen atoms in total.